The van der Waals surface area contributed by atoms with E-state index < -0.39 is 0 Å². The molecule has 72 valence electrons. The lowest BCUT2D eigenvalue weighted by atomic mass is 10.2. The molecule has 0 aliphatic carbocycles. The summed E-state index contributed by atoms with van der Waals surface area (Å²) in [6, 6.07) is 1.37. The number of H-pyrrole nitrogens is 1. The predicted molar refractivity (Wildman–Crippen MR) is 52.6 cm³/mol. The molecule has 0 saturated carbocycles. The van der Waals surface area contributed by atoms with Gasteiger partial charge in [-0.2, -0.15) is 0 Å². The lowest BCUT2D eigenvalue weighted by Gasteiger charge is -1.99. The quantitative estimate of drug-likeness (QED) is 0.637. The molecule has 0 saturated heterocycles. The molecule has 14 heavy (non-hydrogen) atoms. The molecule has 0 atom stereocenters. The Hall–Kier alpha value is -1.62. The topological polar surface area (TPSA) is 67.8 Å². The van der Waals surface area contributed by atoms with Crippen molar-refractivity contribution in [2.75, 3.05) is 0 Å². The number of hydrogen-bond donors (Lipinski definition) is 1. The summed E-state index contributed by atoms with van der Waals surface area (Å²) in [6.07, 6.45) is 1.30. The summed E-state index contributed by atoms with van der Waals surface area (Å²) in [5.74, 6) is 0. The zero-order chi connectivity index (χ0) is 10.3. The van der Waals surface area contributed by atoms with Crippen LogP contribution in [0.2, 0.25) is 5.15 Å². The van der Waals surface area contributed by atoms with Crippen molar-refractivity contribution in [2.24, 2.45) is 7.05 Å². The first kappa shape index (κ1) is 8.96. The molecule has 6 heteroatoms. The molecule has 0 fully saturated rings. The number of aromatic amines is 1. The number of halogens is 1. The first-order valence-corrected chi connectivity index (χ1v) is 4.22. The second-order valence-electron chi connectivity index (χ2n) is 2.86. The average molecular weight is 212 g/mol. The molecule has 2 heterocycles. The molecular weight excluding hydrogens is 206 g/mol. The monoisotopic (exact) mass is 211 g/mol. The van der Waals surface area contributed by atoms with E-state index in [-0.39, 0.29) is 27.0 Å². The van der Waals surface area contributed by atoms with Crippen LogP contribution >= 0.6 is 11.6 Å². The van der Waals surface area contributed by atoms with Crippen molar-refractivity contribution in [3.63, 3.8) is 0 Å². The highest BCUT2D eigenvalue weighted by Crippen LogP contribution is 2.08. The Bertz CT molecular complexity index is 614. The predicted octanol–water partition coefficient (Wildman–Crippen LogP) is 0.275. The van der Waals surface area contributed by atoms with Crippen molar-refractivity contribution in [2.45, 2.75) is 0 Å². The van der Waals surface area contributed by atoms with Crippen molar-refractivity contribution in [1.82, 2.24) is 14.8 Å². The van der Waals surface area contributed by atoms with Crippen LogP contribution in [0.4, 0.5) is 0 Å². The minimum Gasteiger partial charge on any atom is -0.267 e. The molecular formula is C8H6ClN3O2. The van der Waals surface area contributed by atoms with E-state index in [1.165, 1.54) is 19.3 Å². The van der Waals surface area contributed by atoms with Crippen LogP contribution in [0.5, 0.6) is 0 Å². The highest BCUT2D eigenvalue weighted by Gasteiger charge is 2.05. The fourth-order valence-corrected chi connectivity index (χ4v) is 1.39. The Balaban J connectivity index is 3.10. The van der Waals surface area contributed by atoms with Gasteiger partial charge in [0.05, 0.1) is 10.8 Å². The third-order valence-corrected chi connectivity index (χ3v) is 2.13. The lowest BCUT2D eigenvalue weighted by molar-refractivity contribution is 0.704. The summed E-state index contributed by atoms with van der Waals surface area (Å²) in [5, 5.41) is 3.08. The molecule has 5 nitrogen and oxygen atoms in total. The van der Waals surface area contributed by atoms with Crippen LogP contribution in [0.3, 0.4) is 0 Å². The van der Waals surface area contributed by atoms with E-state index >= 15 is 0 Å². The SMILES string of the molecule is Cn1[nH]c(=O)c2cc(Cl)ncc2c1=O. The van der Waals surface area contributed by atoms with Crippen molar-refractivity contribution in [3.05, 3.63) is 38.1 Å². The van der Waals surface area contributed by atoms with Crippen LogP contribution in [0, 0.1) is 0 Å². The Morgan fingerprint density at radius 1 is 1.43 bits per heavy atom. The number of rotatable bonds is 0. The van der Waals surface area contributed by atoms with Gasteiger partial charge in [-0.05, 0) is 6.07 Å². The number of hydrogen-bond acceptors (Lipinski definition) is 3. The third-order valence-electron chi connectivity index (χ3n) is 1.92. The van der Waals surface area contributed by atoms with E-state index in [0.717, 1.165) is 4.68 Å². The maximum absolute atomic E-state index is 11.5. The molecule has 2 aromatic heterocycles. The number of pyridine rings is 1. The van der Waals surface area contributed by atoms with Gasteiger partial charge in [-0.1, -0.05) is 11.6 Å². The van der Waals surface area contributed by atoms with Crippen molar-refractivity contribution in [3.8, 4) is 0 Å². The minimum absolute atomic E-state index is 0.191. The van der Waals surface area contributed by atoms with Gasteiger partial charge >= 0.3 is 0 Å². The van der Waals surface area contributed by atoms with E-state index in [4.69, 9.17) is 11.6 Å². The number of aryl methyl sites for hydroxylation is 1. The number of nitrogens with zero attached hydrogens (tertiary/aromatic N) is 2. The normalized spacial score (nSPS) is 10.7. The average Bonchev–Trinajstić information content (AvgIpc) is 2.14. The van der Waals surface area contributed by atoms with Crippen LogP contribution in [-0.2, 0) is 7.05 Å². The standard InChI is InChI=1S/C8H6ClN3O2/c1-12-8(14)5-3-10-6(9)2-4(5)7(13)11-12/h2-3H,1H3,(H,11,13). The van der Waals surface area contributed by atoms with Gasteiger partial charge in [0.2, 0.25) is 0 Å². The van der Waals surface area contributed by atoms with Crippen LogP contribution in [0.1, 0.15) is 0 Å². The van der Waals surface area contributed by atoms with Gasteiger partial charge in [0.1, 0.15) is 5.15 Å². The van der Waals surface area contributed by atoms with Gasteiger partial charge in [0, 0.05) is 13.2 Å². The van der Waals surface area contributed by atoms with Crippen LogP contribution in [0.15, 0.2) is 21.9 Å². The Morgan fingerprint density at radius 2 is 2.14 bits per heavy atom. The Labute approximate surface area is 82.9 Å². The van der Waals surface area contributed by atoms with Crippen LogP contribution < -0.4 is 11.1 Å². The maximum Gasteiger partial charge on any atom is 0.274 e. The molecule has 0 amide bonds. The van der Waals surface area contributed by atoms with Crippen LogP contribution in [-0.4, -0.2) is 14.8 Å². The molecule has 0 aromatic carbocycles. The second-order valence-corrected chi connectivity index (χ2v) is 3.24. The first-order valence-electron chi connectivity index (χ1n) is 3.84. The molecule has 0 aliphatic rings. The maximum atomic E-state index is 11.5. The smallest absolute Gasteiger partial charge is 0.267 e. The highest BCUT2D eigenvalue weighted by atomic mass is 35.5. The van der Waals surface area contributed by atoms with Crippen LogP contribution in [0.25, 0.3) is 10.8 Å². The highest BCUT2D eigenvalue weighted by molar-refractivity contribution is 6.30. The van der Waals surface area contributed by atoms with Crippen molar-refractivity contribution in [1.29, 1.82) is 0 Å². The Morgan fingerprint density at radius 3 is 2.86 bits per heavy atom. The van der Waals surface area contributed by atoms with Gasteiger partial charge in [-0.15, -0.1) is 0 Å². The zero-order valence-corrected chi connectivity index (χ0v) is 8.00. The van der Waals surface area contributed by atoms with E-state index in [1.807, 2.05) is 0 Å². The molecule has 0 aliphatic heterocycles. The molecule has 1 N–H and O–H groups in total. The number of nitrogens with one attached hydrogen (secondary N) is 1. The molecule has 0 radical (unpaired) electrons. The van der Waals surface area contributed by atoms with Gasteiger partial charge in [-0.25, -0.2) is 4.98 Å². The minimum atomic E-state index is -0.355. The van der Waals surface area contributed by atoms with E-state index in [1.54, 1.807) is 0 Å². The third kappa shape index (κ3) is 1.22. The largest absolute Gasteiger partial charge is 0.274 e. The summed E-state index contributed by atoms with van der Waals surface area (Å²) in [7, 11) is 1.47. The molecule has 0 spiro atoms. The molecule has 0 bridgehead atoms. The summed E-state index contributed by atoms with van der Waals surface area (Å²) >= 11 is 5.61. The molecule has 0 unspecified atom stereocenters. The number of fused-ring (bicyclic) bond motifs is 1. The number of aromatic nitrogens is 3. The fraction of sp³-hybridized carbons (Fsp3) is 0.125. The first-order chi connectivity index (χ1) is 6.59. The van der Waals surface area contributed by atoms with Gasteiger partial charge in [0.25, 0.3) is 11.1 Å². The summed E-state index contributed by atoms with van der Waals surface area (Å²) in [5.41, 5.74) is -0.657. The fourth-order valence-electron chi connectivity index (χ4n) is 1.23. The molecule has 2 rings (SSSR count). The van der Waals surface area contributed by atoms with E-state index in [2.05, 4.69) is 10.1 Å². The van der Waals surface area contributed by atoms with Gasteiger partial charge in [-0.3, -0.25) is 19.4 Å². The van der Waals surface area contributed by atoms with Gasteiger partial charge in [0.15, 0.2) is 0 Å². The van der Waals surface area contributed by atoms with Crippen molar-refractivity contribution < 1.29 is 0 Å². The summed E-state index contributed by atoms with van der Waals surface area (Å²) in [4.78, 5) is 26.7. The van der Waals surface area contributed by atoms with Gasteiger partial charge < -0.3 is 0 Å². The van der Waals surface area contributed by atoms with E-state index in [0.29, 0.717) is 0 Å². The summed E-state index contributed by atoms with van der Waals surface area (Å²) < 4.78 is 1.11. The summed E-state index contributed by atoms with van der Waals surface area (Å²) in [6.45, 7) is 0. The van der Waals surface area contributed by atoms with E-state index in [9.17, 15) is 9.59 Å². The Kier molecular flexibility index (Phi) is 1.89. The lowest BCUT2D eigenvalue weighted by Crippen LogP contribution is -2.27. The van der Waals surface area contributed by atoms with Crippen molar-refractivity contribution >= 4 is 22.4 Å². The second kappa shape index (κ2) is 2.95. The molecule has 2 aromatic rings. The zero-order valence-electron chi connectivity index (χ0n) is 7.24.